The number of likely N-dealkylation sites (N-methyl/N-ethyl adjacent to an activating group) is 1. The summed E-state index contributed by atoms with van der Waals surface area (Å²) >= 11 is 0. The molecular formula is C21H26N4O2. The first-order valence-corrected chi connectivity index (χ1v) is 9.33. The molecule has 0 bridgehead atoms. The first kappa shape index (κ1) is 17.8. The molecule has 4 rings (SSSR count). The van der Waals surface area contributed by atoms with Crippen molar-refractivity contribution in [1.82, 2.24) is 15.2 Å². The second-order valence-electron chi connectivity index (χ2n) is 8.21. The fourth-order valence-corrected chi connectivity index (χ4v) is 3.89. The second-order valence-corrected chi connectivity index (χ2v) is 8.21. The van der Waals surface area contributed by atoms with Gasteiger partial charge in [0.15, 0.2) is 0 Å². The van der Waals surface area contributed by atoms with Crippen LogP contribution in [0.15, 0.2) is 24.3 Å². The Balaban J connectivity index is 1.67. The van der Waals surface area contributed by atoms with Gasteiger partial charge in [0, 0.05) is 42.0 Å². The van der Waals surface area contributed by atoms with Gasteiger partial charge in [-0.25, -0.2) is 0 Å². The Morgan fingerprint density at radius 1 is 1.33 bits per heavy atom. The van der Waals surface area contributed by atoms with Gasteiger partial charge in [-0.15, -0.1) is 0 Å². The molecule has 1 amide bonds. The Labute approximate surface area is 158 Å². The predicted octanol–water partition coefficient (Wildman–Crippen LogP) is 3.68. The van der Waals surface area contributed by atoms with E-state index < -0.39 is 0 Å². The van der Waals surface area contributed by atoms with Crippen molar-refractivity contribution in [2.45, 2.75) is 33.1 Å². The molecule has 0 unspecified atom stereocenters. The van der Waals surface area contributed by atoms with Gasteiger partial charge in [0.2, 0.25) is 0 Å². The highest BCUT2D eigenvalue weighted by molar-refractivity contribution is 5.97. The minimum atomic E-state index is -0.0763. The zero-order valence-corrected chi connectivity index (χ0v) is 16.3. The van der Waals surface area contributed by atoms with Crippen LogP contribution in [0.4, 0.5) is 5.69 Å². The van der Waals surface area contributed by atoms with Gasteiger partial charge in [-0.1, -0.05) is 19.9 Å². The molecule has 27 heavy (non-hydrogen) atoms. The fraction of sp³-hybridized carbons (Fsp3) is 0.429. The number of nitrogens with zero attached hydrogens (tertiary/aromatic N) is 2. The molecule has 1 aliphatic carbocycles. The van der Waals surface area contributed by atoms with Crippen LogP contribution in [0.1, 0.15) is 31.5 Å². The lowest BCUT2D eigenvalue weighted by atomic mass is 9.76. The van der Waals surface area contributed by atoms with Crippen LogP contribution in [0.3, 0.4) is 0 Å². The highest BCUT2D eigenvalue weighted by Crippen LogP contribution is 2.38. The standard InChI is InChI=1S/C21H26N4O2/c1-21(2)8-7-15-18(11-21)23-24-20(15)17-9-13-5-6-14(10-16(13)22-17)25(3)19(26)12-27-4/h5-6,9-10,22H,7-8,11-12H2,1-4H3,(H,23,24). The molecule has 2 aromatic heterocycles. The number of hydrogen-bond donors (Lipinski definition) is 2. The van der Waals surface area contributed by atoms with E-state index in [0.29, 0.717) is 5.41 Å². The van der Waals surface area contributed by atoms with Crippen LogP contribution in [0.25, 0.3) is 22.3 Å². The molecule has 0 fully saturated rings. The molecule has 0 radical (unpaired) electrons. The third-order valence-corrected chi connectivity index (χ3v) is 5.55. The van der Waals surface area contributed by atoms with Crippen molar-refractivity contribution in [2.24, 2.45) is 5.41 Å². The summed E-state index contributed by atoms with van der Waals surface area (Å²) in [4.78, 5) is 17.2. The Kier molecular flexibility index (Phi) is 4.30. The van der Waals surface area contributed by atoms with E-state index in [9.17, 15) is 4.79 Å². The number of fused-ring (bicyclic) bond motifs is 2. The molecule has 0 aliphatic heterocycles. The third-order valence-electron chi connectivity index (χ3n) is 5.55. The molecule has 0 atom stereocenters. The van der Waals surface area contributed by atoms with Crippen LogP contribution in [-0.4, -0.2) is 41.9 Å². The summed E-state index contributed by atoms with van der Waals surface area (Å²) in [7, 11) is 3.29. The maximum Gasteiger partial charge on any atom is 0.252 e. The largest absolute Gasteiger partial charge is 0.375 e. The van der Waals surface area contributed by atoms with Crippen LogP contribution < -0.4 is 4.90 Å². The second kappa shape index (κ2) is 6.53. The summed E-state index contributed by atoms with van der Waals surface area (Å²) in [5.41, 5.74) is 6.77. The fourth-order valence-electron chi connectivity index (χ4n) is 3.89. The molecule has 1 aromatic carbocycles. The van der Waals surface area contributed by atoms with E-state index in [-0.39, 0.29) is 12.5 Å². The first-order valence-electron chi connectivity index (χ1n) is 9.33. The zero-order chi connectivity index (χ0) is 19.2. The van der Waals surface area contributed by atoms with Crippen molar-refractivity contribution < 1.29 is 9.53 Å². The van der Waals surface area contributed by atoms with Crippen LogP contribution in [-0.2, 0) is 22.4 Å². The summed E-state index contributed by atoms with van der Waals surface area (Å²) in [6, 6.07) is 8.11. The quantitative estimate of drug-likeness (QED) is 0.740. The van der Waals surface area contributed by atoms with Crippen molar-refractivity contribution in [3.63, 3.8) is 0 Å². The number of methoxy groups -OCH3 is 1. The lowest BCUT2D eigenvalue weighted by Crippen LogP contribution is -2.29. The Morgan fingerprint density at radius 3 is 2.93 bits per heavy atom. The van der Waals surface area contributed by atoms with E-state index in [1.807, 2.05) is 18.2 Å². The molecule has 142 valence electrons. The van der Waals surface area contributed by atoms with Crippen molar-refractivity contribution >= 4 is 22.5 Å². The third kappa shape index (κ3) is 3.25. The van der Waals surface area contributed by atoms with E-state index in [2.05, 4.69) is 35.1 Å². The minimum absolute atomic E-state index is 0.0697. The van der Waals surface area contributed by atoms with Crippen LogP contribution in [0.5, 0.6) is 0 Å². The Hall–Kier alpha value is -2.60. The average molecular weight is 366 g/mol. The SMILES string of the molecule is COCC(=O)N(C)c1ccc2cc(-c3n[nH]c4c3CCC(C)(C)C4)[nH]c2c1. The molecule has 0 saturated carbocycles. The highest BCUT2D eigenvalue weighted by Gasteiger charge is 2.29. The monoisotopic (exact) mass is 366 g/mol. The van der Waals surface area contributed by atoms with Gasteiger partial charge in [-0.05, 0) is 42.9 Å². The number of aromatic amines is 2. The number of H-pyrrole nitrogens is 2. The number of benzene rings is 1. The number of amides is 1. The number of carbonyl (C=O) groups is 1. The molecule has 0 spiro atoms. The lowest BCUT2D eigenvalue weighted by Gasteiger charge is -2.28. The van der Waals surface area contributed by atoms with Crippen molar-refractivity contribution in [2.75, 3.05) is 25.7 Å². The zero-order valence-electron chi connectivity index (χ0n) is 16.3. The van der Waals surface area contributed by atoms with Gasteiger partial charge >= 0.3 is 0 Å². The summed E-state index contributed by atoms with van der Waals surface area (Å²) in [6.07, 6.45) is 3.25. The molecule has 6 nitrogen and oxygen atoms in total. The molecular weight excluding hydrogens is 340 g/mol. The maximum absolute atomic E-state index is 12.1. The van der Waals surface area contributed by atoms with Crippen LogP contribution in [0.2, 0.25) is 0 Å². The molecule has 2 N–H and O–H groups in total. The average Bonchev–Trinajstić information content (AvgIpc) is 3.22. The van der Waals surface area contributed by atoms with Gasteiger partial charge in [0.05, 0.1) is 5.69 Å². The minimum Gasteiger partial charge on any atom is -0.375 e. The normalized spacial score (nSPS) is 15.7. The van der Waals surface area contributed by atoms with Crippen molar-refractivity contribution in [3.05, 3.63) is 35.5 Å². The van der Waals surface area contributed by atoms with Crippen molar-refractivity contribution in [3.8, 4) is 11.4 Å². The number of anilines is 1. The summed E-state index contributed by atoms with van der Waals surface area (Å²) < 4.78 is 4.94. The van der Waals surface area contributed by atoms with Crippen molar-refractivity contribution in [1.29, 1.82) is 0 Å². The molecule has 2 heterocycles. The van der Waals surface area contributed by atoms with E-state index in [1.54, 1.807) is 11.9 Å². The molecule has 0 saturated heterocycles. The first-order chi connectivity index (χ1) is 12.9. The summed E-state index contributed by atoms with van der Waals surface area (Å²) in [5, 5.41) is 8.95. The van der Waals surface area contributed by atoms with Gasteiger partial charge in [-0.2, -0.15) is 5.10 Å². The summed E-state index contributed by atoms with van der Waals surface area (Å²) in [6.45, 7) is 4.69. The number of aromatic nitrogens is 3. The smallest absolute Gasteiger partial charge is 0.252 e. The number of ether oxygens (including phenoxy) is 1. The lowest BCUT2D eigenvalue weighted by molar-refractivity contribution is -0.121. The number of carbonyl (C=O) groups excluding carboxylic acids is 1. The van der Waals surface area contributed by atoms with Gasteiger partial charge in [0.1, 0.15) is 12.3 Å². The number of rotatable bonds is 4. The van der Waals surface area contributed by atoms with Crippen LogP contribution >= 0.6 is 0 Å². The number of nitrogens with one attached hydrogen (secondary N) is 2. The van der Waals surface area contributed by atoms with Gasteiger partial charge in [-0.3, -0.25) is 9.89 Å². The predicted molar refractivity (Wildman–Crippen MR) is 107 cm³/mol. The van der Waals surface area contributed by atoms with E-state index in [1.165, 1.54) is 24.8 Å². The summed E-state index contributed by atoms with van der Waals surface area (Å²) in [5.74, 6) is -0.0763. The number of hydrogen-bond acceptors (Lipinski definition) is 3. The molecule has 1 aliphatic rings. The van der Waals surface area contributed by atoms with E-state index in [0.717, 1.165) is 40.8 Å². The topological polar surface area (TPSA) is 74.0 Å². The van der Waals surface area contributed by atoms with Gasteiger partial charge < -0.3 is 14.6 Å². The Bertz CT molecular complexity index is 999. The maximum atomic E-state index is 12.1. The highest BCUT2D eigenvalue weighted by atomic mass is 16.5. The van der Waals surface area contributed by atoms with E-state index in [4.69, 9.17) is 4.74 Å². The molecule has 3 aromatic rings. The molecule has 6 heteroatoms. The van der Waals surface area contributed by atoms with E-state index >= 15 is 0 Å². The van der Waals surface area contributed by atoms with Crippen LogP contribution in [0, 0.1) is 5.41 Å². The van der Waals surface area contributed by atoms with Gasteiger partial charge in [0.25, 0.3) is 5.91 Å². The Morgan fingerprint density at radius 2 is 2.15 bits per heavy atom.